The summed E-state index contributed by atoms with van der Waals surface area (Å²) in [4.78, 5) is 0. The van der Waals surface area contributed by atoms with Crippen molar-refractivity contribution in [2.24, 2.45) is 0 Å². The number of nitrogens with one attached hydrogen (secondary N) is 1. The van der Waals surface area contributed by atoms with Gasteiger partial charge in [0.1, 0.15) is 0 Å². The number of hydrogen-bond acceptors (Lipinski definition) is 2. The lowest BCUT2D eigenvalue weighted by molar-refractivity contribution is 0.472. The number of fused-ring (bicyclic) bond motifs is 1. The van der Waals surface area contributed by atoms with Crippen molar-refractivity contribution in [3.05, 3.63) is 48.0 Å². The summed E-state index contributed by atoms with van der Waals surface area (Å²) in [7, 11) is 0. The second-order valence-electron chi connectivity index (χ2n) is 5.18. The van der Waals surface area contributed by atoms with E-state index in [1.165, 1.54) is 28.5 Å². The Kier molecular flexibility index (Phi) is 5.29. The highest BCUT2D eigenvalue weighted by Crippen LogP contribution is 2.20. The Labute approximate surface area is 120 Å². The van der Waals surface area contributed by atoms with Crippen LogP contribution in [-0.4, -0.2) is 18.1 Å². The maximum atomic E-state index is 3.68. The Balaban J connectivity index is 2.06. The summed E-state index contributed by atoms with van der Waals surface area (Å²) in [6.45, 7) is 4.52. The molecule has 0 amide bonds. The van der Waals surface area contributed by atoms with E-state index in [1.54, 1.807) is 0 Å². The van der Waals surface area contributed by atoms with Gasteiger partial charge in [0.2, 0.25) is 0 Å². The Morgan fingerprint density at radius 2 is 1.79 bits per heavy atom. The van der Waals surface area contributed by atoms with Crippen LogP contribution in [0.4, 0.5) is 0 Å². The van der Waals surface area contributed by atoms with Crippen LogP contribution >= 0.6 is 11.8 Å². The highest BCUT2D eigenvalue weighted by Gasteiger charge is 2.09. The van der Waals surface area contributed by atoms with Crippen LogP contribution in [0.5, 0.6) is 0 Å². The zero-order chi connectivity index (χ0) is 13.7. The average Bonchev–Trinajstić information content (AvgIpc) is 2.44. The Morgan fingerprint density at radius 1 is 1.05 bits per heavy atom. The lowest BCUT2D eigenvalue weighted by atomic mass is 10.0. The van der Waals surface area contributed by atoms with Gasteiger partial charge in [-0.15, -0.1) is 0 Å². The van der Waals surface area contributed by atoms with Gasteiger partial charge < -0.3 is 5.32 Å². The molecule has 2 rings (SSSR count). The summed E-state index contributed by atoms with van der Waals surface area (Å²) in [6, 6.07) is 16.3. The van der Waals surface area contributed by atoms with Crippen LogP contribution in [0.25, 0.3) is 10.8 Å². The monoisotopic (exact) mass is 273 g/mol. The van der Waals surface area contributed by atoms with Gasteiger partial charge in [0.15, 0.2) is 0 Å². The number of rotatable bonds is 6. The molecule has 2 aromatic rings. The van der Waals surface area contributed by atoms with Gasteiger partial charge in [-0.3, -0.25) is 0 Å². The number of hydrogen-bond donors (Lipinski definition) is 1. The molecule has 2 heteroatoms. The van der Waals surface area contributed by atoms with E-state index in [2.05, 4.69) is 67.9 Å². The van der Waals surface area contributed by atoms with Crippen molar-refractivity contribution in [2.75, 3.05) is 12.0 Å². The maximum Gasteiger partial charge on any atom is 0.0294 e. The van der Waals surface area contributed by atoms with Crippen molar-refractivity contribution in [2.45, 2.75) is 32.4 Å². The quantitative estimate of drug-likeness (QED) is 0.823. The lowest BCUT2D eigenvalue weighted by Gasteiger charge is -2.20. The largest absolute Gasteiger partial charge is 0.308 e. The van der Waals surface area contributed by atoms with E-state index >= 15 is 0 Å². The van der Waals surface area contributed by atoms with Crippen LogP contribution in [-0.2, 0) is 0 Å². The molecule has 0 aromatic heterocycles. The van der Waals surface area contributed by atoms with Crippen LogP contribution in [0.2, 0.25) is 0 Å². The first-order valence-electron chi connectivity index (χ1n) is 6.94. The molecule has 0 fully saturated rings. The maximum absolute atomic E-state index is 3.68. The van der Waals surface area contributed by atoms with E-state index in [0.717, 1.165) is 0 Å². The molecule has 2 aromatic carbocycles. The molecule has 0 radical (unpaired) electrons. The molecule has 0 aliphatic heterocycles. The first-order chi connectivity index (χ1) is 9.20. The Bertz CT molecular complexity index is 523. The van der Waals surface area contributed by atoms with E-state index in [1.807, 2.05) is 11.8 Å². The zero-order valence-corrected chi connectivity index (χ0v) is 12.8. The highest BCUT2D eigenvalue weighted by molar-refractivity contribution is 7.98. The second kappa shape index (κ2) is 6.97. The van der Waals surface area contributed by atoms with Crippen molar-refractivity contribution >= 4 is 22.5 Å². The molecule has 0 aliphatic carbocycles. The van der Waals surface area contributed by atoms with Gasteiger partial charge in [0, 0.05) is 12.1 Å². The standard InChI is InChI=1S/C17H23NS/c1-13(10-11-19-3)18-14(2)16-9-8-15-6-4-5-7-17(15)12-16/h4-9,12-14,18H,10-11H2,1-3H3. The minimum Gasteiger partial charge on any atom is -0.308 e. The van der Waals surface area contributed by atoms with Gasteiger partial charge in [-0.2, -0.15) is 11.8 Å². The average molecular weight is 273 g/mol. The summed E-state index contributed by atoms with van der Waals surface area (Å²) in [5.74, 6) is 1.22. The summed E-state index contributed by atoms with van der Waals surface area (Å²) in [5, 5.41) is 6.32. The minimum atomic E-state index is 0.404. The molecule has 0 aliphatic rings. The van der Waals surface area contributed by atoms with E-state index in [-0.39, 0.29) is 0 Å². The van der Waals surface area contributed by atoms with Crippen molar-refractivity contribution < 1.29 is 0 Å². The van der Waals surface area contributed by atoms with E-state index in [4.69, 9.17) is 0 Å². The SMILES string of the molecule is CSCCC(C)NC(C)c1ccc2ccccc2c1. The van der Waals surface area contributed by atoms with Crippen LogP contribution < -0.4 is 5.32 Å². The van der Waals surface area contributed by atoms with Crippen LogP contribution in [0, 0.1) is 0 Å². The molecule has 0 saturated carbocycles. The summed E-state index contributed by atoms with van der Waals surface area (Å²) < 4.78 is 0. The molecule has 0 spiro atoms. The normalized spacial score (nSPS) is 14.5. The lowest BCUT2D eigenvalue weighted by Crippen LogP contribution is -2.29. The van der Waals surface area contributed by atoms with Gasteiger partial charge in [-0.1, -0.05) is 36.4 Å². The Morgan fingerprint density at radius 3 is 2.53 bits per heavy atom. The first-order valence-corrected chi connectivity index (χ1v) is 8.34. The molecule has 102 valence electrons. The molecule has 0 bridgehead atoms. The van der Waals surface area contributed by atoms with Crippen LogP contribution in [0.15, 0.2) is 42.5 Å². The van der Waals surface area contributed by atoms with Gasteiger partial charge in [0.05, 0.1) is 0 Å². The second-order valence-corrected chi connectivity index (χ2v) is 6.16. The van der Waals surface area contributed by atoms with Crippen molar-refractivity contribution in [1.29, 1.82) is 0 Å². The molecule has 2 unspecified atom stereocenters. The molecule has 0 heterocycles. The van der Waals surface area contributed by atoms with Crippen molar-refractivity contribution in [1.82, 2.24) is 5.32 Å². The number of thioether (sulfide) groups is 1. The molecular weight excluding hydrogens is 250 g/mol. The van der Waals surface area contributed by atoms with Gasteiger partial charge in [-0.25, -0.2) is 0 Å². The third-order valence-corrected chi connectivity index (χ3v) is 4.21. The molecule has 0 saturated heterocycles. The molecule has 2 atom stereocenters. The molecular formula is C17H23NS. The highest BCUT2D eigenvalue weighted by atomic mass is 32.2. The van der Waals surface area contributed by atoms with Gasteiger partial charge >= 0.3 is 0 Å². The van der Waals surface area contributed by atoms with Gasteiger partial charge in [-0.05, 0) is 54.7 Å². The Hall–Kier alpha value is -0.990. The molecule has 1 N–H and O–H groups in total. The first kappa shape index (κ1) is 14.4. The molecule has 19 heavy (non-hydrogen) atoms. The van der Waals surface area contributed by atoms with E-state index in [0.29, 0.717) is 12.1 Å². The van der Waals surface area contributed by atoms with E-state index in [9.17, 15) is 0 Å². The minimum absolute atomic E-state index is 0.404. The summed E-state index contributed by atoms with van der Waals surface area (Å²) in [6.07, 6.45) is 3.39. The third kappa shape index (κ3) is 3.99. The fourth-order valence-electron chi connectivity index (χ4n) is 2.38. The number of benzene rings is 2. The predicted molar refractivity (Wildman–Crippen MR) is 88.0 cm³/mol. The van der Waals surface area contributed by atoms with Crippen molar-refractivity contribution in [3.8, 4) is 0 Å². The summed E-state index contributed by atoms with van der Waals surface area (Å²) >= 11 is 1.91. The van der Waals surface area contributed by atoms with Crippen molar-refractivity contribution in [3.63, 3.8) is 0 Å². The fraction of sp³-hybridized carbons (Fsp3) is 0.412. The zero-order valence-electron chi connectivity index (χ0n) is 12.0. The topological polar surface area (TPSA) is 12.0 Å². The van der Waals surface area contributed by atoms with E-state index < -0.39 is 0 Å². The van der Waals surface area contributed by atoms with Gasteiger partial charge in [0.25, 0.3) is 0 Å². The predicted octanol–water partition coefficient (Wildman–Crippen LogP) is 4.63. The summed E-state index contributed by atoms with van der Waals surface area (Å²) in [5.41, 5.74) is 1.37. The third-order valence-electron chi connectivity index (χ3n) is 3.56. The molecule has 1 nitrogen and oxygen atoms in total. The fourth-order valence-corrected chi connectivity index (χ4v) is 2.97. The smallest absolute Gasteiger partial charge is 0.0294 e. The van der Waals surface area contributed by atoms with Crippen LogP contribution in [0.3, 0.4) is 0 Å². The van der Waals surface area contributed by atoms with Crippen LogP contribution in [0.1, 0.15) is 31.9 Å².